The summed E-state index contributed by atoms with van der Waals surface area (Å²) in [6.45, 7) is 8.04. The van der Waals surface area contributed by atoms with Crippen molar-refractivity contribution in [3.8, 4) is 0 Å². The van der Waals surface area contributed by atoms with Crippen LogP contribution in [-0.4, -0.2) is 52.0 Å². The Morgan fingerprint density at radius 1 is 1.29 bits per heavy atom. The van der Waals surface area contributed by atoms with Gasteiger partial charge in [0.05, 0.1) is 5.69 Å². The van der Waals surface area contributed by atoms with Gasteiger partial charge in [0.2, 0.25) is 0 Å². The Balaban J connectivity index is 1.61. The van der Waals surface area contributed by atoms with Crippen LogP contribution in [0.1, 0.15) is 50.5 Å². The van der Waals surface area contributed by atoms with Crippen LogP contribution in [0.15, 0.2) is 0 Å². The molecule has 0 bridgehead atoms. The van der Waals surface area contributed by atoms with E-state index in [1.807, 2.05) is 0 Å². The number of rotatable bonds is 5. The number of H-pyrrole nitrogens is 1. The summed E-state index contributed by atoms with van der Waals surface area (Å²) < 4.78 is 0. The van der Waals surface area contributed by atoms with Gasteiger partial charge >= 0.3 is 0 Å². The Morgan fingerprint density at radius 3 is 3.00 bits per heavy atom. The van der Waals surface area contributed by atoms with Gasteiger partial charge in [0.15, 0.2) is 5.15 Å². The van der Waals surface area contributed by atoms with Crippen LogP contribution >= 0.6 is 11.6 Å². The van der Waals surface area contributed by atoms with Crippen molar-refractivity contribution in [1.82, 2.24) is 19.8 Å². The van der Waals surface area contributed by atoms with Gasteiger partial charge in [0.25, 0.3) is 0 Å². The zero-order valence-electron chi connectivity index (χ0n) is 13.1. The van der Waals surface area contributed by atoms with Crippen LogP contribution in [0.3, 0.4) is 0 Å². The molecular weight excluding hydrogens is 284 g/mol. The Hall–Kier alpha value is -0.580. The van der Waals surface area contributed by atoms with Gasteiger partial charge in [0, 0.05) is 25.6 Å². The highest BCUT2D eigenvalue weighted by molar-refractivity contribution is 6.30. The quantitative estimate of drug-likeness (QED) is 0.908. The molecule has 0 radical (unpaired) electrons. The predicted molar refractivity (Wildman–Crippen MR) is 86.7 cm³/mol. The van der Waals surface area contributed by atoms with Crippen molar-refractivity contribution in [2.45, 2.75) is 58.0 Å². The first-order chi connectivity index (χ1) is 10.3. The number of imidazole rings is 1. The minimum Gasteiger partial charge on any atom is -0.344 e. The number of halogens is 1. The number of aromatic nitrogens is 2. The molecule has 0 amide bonds. The van der Waals surface area contributed by atoms with Crippen LogP contribution in [0.4, 0.5) is 0 Å². The summed E-state index contributed by atoms with van der Waals surface area (Å²) >= 11 is 6.32. The predicted octanol–water partition coefficient (Wildman–Crippen LogP) is 3.08. The second kappa shape index (κ2) is 7.12. The zero-order chi connectivity index (χ0) is 14.7. The fourth-order valence-corrected chi connectivity index (χ4v) is 3.87. The van der Waals surface area contributed by atoms with Crippen molar-refractivity contribution in [2.75, 3.05) is 26.2 Å². The lowest BCUT2D eigenvalue weighted by Crippen LogP contribution is -2.36. The molecule has 4 nitrogen and oxygen atoms in total. The van der Waals surface area contributed by atoms with Gasteiger partial charge in [-0.3, -0.25) is 9.80 Å². The molecule has 1 atom stereocenters. The number of nitrogens with zero attached hydrogens (tertiary/aromatic N) is 3. The number of nitrogens with one attached hydrogen (secondary N) is 1. The number of aromatic amines is 1. The zero-order valence-corrected chi connectivity index (χ0v) is 13.8. The van der Waals surface area contributed by atoms with Gasteiger partial charge in [-0.25, -0.2) is 4.98 Å². The topological polar surface area (TPSA) is 35.2 Å². The maximum absolute atomic E-state index is 6.32. The SMILES string of the molecule is CCCCc1nc(Cl)c(CN2CCCN3CCC[C@H]3C2)[nH]1. The van der Waals surface area contributed by atoms with E-state index in [9.17, 15) is 0 Å². The maximum atomic E-state index is 6.32. The van der Waals surface area contributed by atoms with Crippen LogP contribution in [0.5, 0.6) is 0 Å². The summed E-state index contributed by atoms with van der Waals surface area (Å²) in [6.07, 6.45) is 7.36. The molecule has 0 spiro atoms. The van der Waals surface area contributed by atoms with E-state index in [1.54, 1.807) is 0 Å². The molecule has 1 aromatic heterocycles. The molecule has 0 aromatic carbocycles. The van der Waals surface area contributed by atoms with Crippen LogP contribution < -0.4 is 0 Å². The van der Waals surface area contributed by atoms with Crippen molar-refractivity contribution >= 4 is 11.6 Å². The lowest BCUT2D eigenvalue weighted by atomic mass is 10.2. The Kier molecular flexibility index (Phi) is 5.19. The van der Waals surface area contributed by atoms with E-state index < -0.39 is 0 Å². The van der Waals surface area contributed by atoms with Crippen molar-refractivity contribution < 1.29 is 0 Å². The van der Waals surface area contributed by atoms with Crippen molar-refractivity contribution in [1.29, 1.82) is 0 Å². The van der Waals surface area contributed by atoms with Gasteiger partial charge in [-0.05, 0) is 45.3 Å². The third kappa shape index (κ3) is 3.79. The summed E-state index contributed by atoms with van der Waals surface area (Å²) in [5.74, 6) is 1.05. The second-order valence-corrected chi connectivity index (χ2v) is 6.84. The first-order valence-electron chi connectivity index (χ1n) is 8.46. The van der Waals surface area contributed by atoms with Gasteiger partial charge < -0.3 is 4.98 Å². The molecule has 0 saturated carbocycles. The molecular formula is C16H27ClN4. The summed E-state index contributed by atoms with van der Waals surface area (Å²) in [6, 6.07) is 0.758. The van der Waals surface area contributed by atoms with E-state index in [4.69, 9.17) is 11.6 Å². The number of hydrogen-bond donors (Lipinski definition) is 1. The average molecular weight is 311 g/mol. The molecule has 2 aliphatic heterocycles. The second-order valence-electron chi connectivity index (χ2n) is 6.48. The van der Waals surface area contributed by atoms with Crippen molar-refractivity contribution in [2.24, 2.45) is 0 Å². The summed E-state index contributed by atoms with van der Waals surface area (Å²) in [5, 5.41) is 0.675. The third-order valence-corrected chi connectivity index (χ3v) is 5.13. The normalized spacial score (nSPS) is 24.2. The first-order valence-corrected chi connectivity index (χ1v) is 8.83. The van der Waals surface area contributed by atoms with Gasteiger partial charge in [-0.15, -0.1) is 0 Å². The Bertz CT molecular complexity index is 459. The first kappa shape index (κ1) is 15.3. The molecule has 2 saturated heterocycles. The number of fused-ring (bicyclic) bond motifs is 1. The standard InChI is InChI=1S/C16H27ClN4/c1-2-3-7-15-18-14(16(17)19-15)12-20-8-5-10-21-9-4-6-13(21)11-20/h13H,2-12H2,1H3,(H,18,19)/t13-/m0/s1. The number of unbranched alkanes of at least 4 members (excludes halogenated alkanes) is 1. The number of hydrogen-bond acceptors (Lipinski definition) is 3. The summed E-state index contributed by atoms with van der Waals surface area (Å²) in [4.78, 5) is 13.1. The van der Waals surface area contributed by atoms with Crippen LogP contribution in [0.25, 0.3) is 0 Å². The monoisotopic (exact) mass is 310 g/mol. The number of aryl methyl sites for hydroxylation is 1. The van der Waals surface area contributed by atoms with Crippen LogP contribution in [-0.2, 0) is 13.0 Å². The molecule has 3 rings (SSSR count). The minimum absolute atomic E-state index is 0.675. The molecule has 0 aliphatic carbocycles. The summed E-state index contributed by atoms with van der Waals surface area (Å²) in [7, 11) is 0. The van der Waals surface area contributed by atoms with Crippen molar-refractivity contribution in [3.63, 3.8) is 0 Å². The fourth-order valence-electron chi connectivity index (χ4n) is 3.66. The van der Waals surface area contributed by atoms with E-state index in [0.29, 0.717) is 5.15 Å². The molecule has 21 heavy (non-hydrogen) atoms. The van der Waals surface area contributed by atoms with E-state index in [0.717, 1.165) is 30.5 Å². The fraction of sp³-hybridized carbons (Fsp3) is 0.812. The molecule has 1 N–H and O–H groups in total. The highest BCUT2D eigenvalue weighted by Crippen LogP contribution is 2.23. The lowest BCUT2D eigenvalue weighted by molar-refractivity contribution is 0.214. The maximum Gasteiger partial charge on any atom is 0.151 e. The van der Waals surface area contributed by atoms with Gasteiger partial charge in [-0.2, -0.15) is 0 Å². The molecule has 2 aliphatic rings. The molecule has 0 unspecified atom stereocenters. The molecule has 1 aromatic rings. The van der Waals surface area contributed by atoms with E-state index >= 15 is 0 Å². The highest BCUT2D eigenvalue weighted by Gasteiger charge is 2.29. The van der Waals surface area contributed by atoms with E-state index in [2.05, 4.69) is 26.7 Å². The van der Waals surface area contributed by atoms with E-state index in [1.165, 1.54) is 58.3 Å². The Morgan fingerprint density at radius 2 is 2.14 bits per heavy atom. The molecule has 118 valence electrons. The molecule has 5 heteroatoms. The van der Waals surface area contributed by atoms with E-state index in [-0.39, 0.29) is 0 Å². The van der Waals surface area contributed by atoms with Gasteiger partial charge in [0.1, 0.15) is 5.82 Å². The smallest absolute Gasteiger partial charge is 0.151 e. The molecule has 3 heterocycles. The third-order valence-electron chi connectivity index (χ3n) is 4.81. The average Bonchev–Trinajstić information content (AvgIpc) is 2.99. The largest absolute Gasteiger partial charge is 0.344 e. The summed E-state index contributed by atoms with van der Waals surface area (Å²) in [5.41, 5.74) is 1.11. The van der Waals surface area contributed by atoms with Crippen molar-refractivity contribution in [3.05, 3.63) is 16.7 Å². The van der Waals surface area contributed by atoms with Crippen LogP contribution in [0, 0.1) is 0 Å². The molecule has 2 fully saturated rings. The lowest BCUT2D eigenvalue weighted by Gasteiger charge is -2.25. The Labute approximate surface area is 132 Å². The minimum atomic E-state index is 0.675. The van der Waals surface area contributed by atoms with Gasteiger partial charge in [-0.1, -0.05) is 24.9 Å². The van der Waals surface area contributed by atoms with Crippen LogP contribution in [0.2, 0.25) is 5.15 Å². The highest BCUT2D eigenvalue weighted by atomic mass is 35.5.